The first-order chi connectivity index (χ1) is 54.2. The van der Waals surface area contributed by atoms with Crippen molar-refractivity contribution in [2.24, 2.45) is 16.2 Å². The van der Waals surface area contributed by atoms with Gasteiger partial charge in [0, 0.05) is 32.2 Å². The van der Waals surface area contributed by atoms with Crippen LogP contribution in [0.3, 0.4) is 0 Å². The second kappa shape index (κ2) is 57.4. The lowest BCUT2D eigenvalue weighted by Crippen LogP contribution is -2.57. The van der Waals surface area contributed by atoms with Gasteiger partial charge >= 0.3 is 71.6 Å². The molecule has 114 heavy (non-hydrogen) atoms. The maximum Gasteiger partial charge on any atom is 0.307 e. The fourth-order valence-electron chi connectivity index (χ4n) is 8.73. The van der Waals surface area contributed by atoms with Crippen molar-refractivity contribution in [3.05, 3.63) is 0 Å². The molecule has 0 aliphatic rings. The molecule has 1 unspecified atom stereocenters. The van der Waals surface area contributed by atoms with E-state index >= 15 is 0 Å². The summed E-state index contributed by atoms with van der Waals surface area (Å²) >= 11 is 0. The van der Waals surface area contributed by atoms with E-state index in [1.807, 2.05) is 0 Å². The van der Waals surface area contributed by atoms with E-state index < -0.39 is 343 Å². The Balaban J connectivity index is 7.04. The van der Waals surface area contributed by atoms with E-state index in [-0.39, 0.29) is 52.1 Å². The third-order valence-electron chi connectivity index (χ3n) is 16.5. The molecule has 4 amide bonds. The van der Waals surface area contributed by atoms with Crippen LogP contribution < -0.4 is 21.3 Å². The standard InChI is InChI=1S/C73H104N4O37/c1-7-29-103-56(90)17-13-52(86)74-33-70(34-78,35-79)48-111-64(98)22-21-60(94)107-44-68(11-5,45-108-61(95)23-26-65(99)112-49-71(36-80,37-81)75-53(87)14-18-57(91)104-30-8-2)42-102-43-69(12-6,46-109-62(96)24-27-66(100)113-50-72(38-82,39-83)76-54(88)15-19-58(92)105-31-9-3)47-110-63(97)25-28-67(101)114-51-73(40-84,41-85)77-55(89)16-20-59(93)106-32-10-4/h1-4,78-85H,11-51H2,5-6H3,(H,74,86)(H,75,87)(H,76,88)(H,77,89). The Bertz CT molecular complexity index is 3210. The molecule has 0 saturated carbocycles. The van der Waals surface area contributed by atoms with Crippen molar-refractivity contribution in [2.75, 3.05) is 152 Å². The van der Waals surface area contributed by atoms with Crippen molar-refractivity contribution in [1.82, 2.24) is 21.3 Å². The highest BCUT2D eigenvalue weighted by atomic mass is 16.6. The summed E-state index contributed by atoms with van der Waals surface area (Å²) < 4.78 is 68.1. The summed E-state index contributed by atoms with van der Waals surface area (Å²) in [5, 5.41) is 90.1. The molecule has 0 saturated heterocycles. The molecular formula is C73H104N4O37. The van der Waals surface area contributed by atoms with Crippen LogP contribution in [0.2, 0.25) is 0 Å². The molecule has 0 bridgehead atoms. The number of terminal acetylenes is 4. The molecule has 0 spiro atoms. The predicted molar refractivity (Wildman–Crippen MR) is 382 cm³/mol. The molecule has 0 aromatic rings. The molecule has 0 heterocycles. The molecule has 0 aliphatic heterocycles. The number of nitrogens with one attached hydrogen (secondary N) is 4. The molecule has 0 aromatic carbocycles. The van der Waals surface area contributed by atoms with Crippen molar-refractivity contribution >= 4 is 95.3 Å². The lowest BCUT2D eigenvalue weighted by Gasteiger charge is -2.35. The number of hydrogen-bond donors (Lipinski definition) is 12. The van der Waals surface area contributed by atoms with Gasteiger partial charge in [-0.1, -0.05) is 37.5 Å². The van der Waals surface area contributed by atoms with Gasteiger partial charge in [0.05, 0.1) is 159 Å². The molecule has 0 radical (unpaired) electrons. The van der Waals surface area contributed by atoms with Gasteiger partial charge in [-0.15, -0.1) is 25.7 Å². The highest BCUT2D eigenvalue weighted by Crippen LogP contribution is 2.30. The normalized spacial score (nSPS) is 11.7. The van der Waals surface area contributed by atoms with Crippen LogP contribution in [-0.2, 0) is 138 Å². The minimum Gasteiger partial charge on any atom is -0.465 e. The average molecular weight is 1630 g/mol. The second-order valence-electron chi connectivity index (χ2n) is 26.0. The minimum absolute atomic E-state index is 0.103. The smallest absolute Gasteiger partial charge is 0.307 e. The topological polar surface area (TPSA) is 603 Å². The SMILES string of the molecule is C#CCOC(=O)CCC(=O)NCC(CO)(CO)COC(=O)CCC(=O)OCC(CC)(COCC(CC)(COC(=O)CCC(=O)OCC(CO)(CO)NC(=O)CCC(=O)OCC#C)COC(=O)CCC(=O)OCC(CO)(CO)NC(=O)CCC(=O)OCC#C)COC(=O)CCC(=O)OCC(CO)(CO)NC(=O)CCC(=O)OCC#C. The van der Waals surface area contributed by atoms with Gasteiger partial charge in [0.25, 0.3) is 0 Å². The second-order valence-corrected chi connectivity index (χ2v) is 26.0. The average Bonchev–Trinajstić information content (AvgIpc) is 0.832. The molecule has 41 heteroatoms. The molecule has 0 fully saturated rings. The Morgan fingerprint density at radius 3 is 0.649 bits per heavy atom. The first kappa shape index (κ1) is 103. The van der Waals surface area contributed by atoms with Crippen molar-refractivity contribution in [1.29, 1.82) is 0 Å². The monoisotopic (exact) mass is 1630 g/mol. The first-order valence-electron chi connectivity index (χ1n) is 35.5. The maximum atomic E-state index is 13.5. The van der Waals surface area contributed by atoms with E-state index in [1.54, 1.807) is 0 Å². The third kappa shape index (κ3) is 44.0. The van der Waals surface area contributed by atoms with Crippen molar-refractivity contribution in [3.8, 4) is 49.4 Å². The van der Waals surface area contributed by atoms with Crippen molar-refractivity contribution in [2.45, 2.75) is 146 Å². The van der Waals surface area contributed by atoms with E-state index in [0.717, 1.165) is 0 Å². The third-order valence-corrected chi connectivity index (χ3v) is 16.5. The van der Waals surface area contributed by atoms with Crippen LogP contribution >= 0.6 is 0 Å². The van der Waals surface area contributed by atoms with Gasteiger partial charge in [-0.05, 0) is 12.8 Å². The number of aliphatic hydroxyl groups excluding tert-OH is 8. The van der Waals surface area contributed by atoms with Gasteiger partial charge in [0.15, 0.2) is 26.4 Å². The largest absolute Gasteiger partial charge is 0.465 e. The zero-order chi connectivity index (χ0) is 86.1. The molecule has 0 aliphatic carbocycles. The van der Waals surface area contributed by atoms with E-state index in [9.17, 15) is 118 Å². The summed E-state index contributed by atoms with van der Waals surface area (Å²) in [6, 6.07) is 0. The fourth-order valence-corrected chi connectivity index (χ4v) is 8.73. The molecule has 0 aromatic heterocycles. The van der Waals surface area contributed by atoms with Crippen LogP contribution in [0.5, 0.6) is 0 Å². The highest BCUT2D eigenvalue weighted by molar-refractivity contribution is 5.85. The lowest BCUT2D eigenvalue weighted by molar-refractivity contribution is -0.167. The molecule has 12 N–H and O–H groups in total. The van der Waals surface area contributed by atoms with E-state index in [4.69, 9.17) is 87.3 Å². The number of ether oxygens (including phenoxy) is 13. The number of carbonyl (C=O) groups excluding carboxylic acids is 16. The molecule has 0 rings (SSSR count). The zero-order valence-electron chi connectivity index (χ0n) is 63.7. The molecule has 41 nitrogen and oxygen atoms in total. The Hall–Kier alpha value is -10.6. The van der Waals surface area contributed by atoms with Gasteiger partial charge < -0.3 is 124 Å². The Kier molecular flexibility index (Phi) is 52.1. The van der Waals surface area contributed by atoms with Gasteiger partial charge in [0.1, 0.15) is 69.5 Å². The van der Waals surface area contributed by atoms with E-state index in [1.165, 1.54) is 13.8 Å². The number of rotatable bonds is 63. The lowest BCUT2D eigenvalue weighted by atomic mass is 9.86. The van der Waals surface area contributed by atoms with Crippen LogP contribution in [-0.4, -0.2) is 305 Å². The summed E-state index contributed by atoms with van der Waals surface area (Å²) in [4.78, 5) is 203. The number of carbonyl (C=O) groups is 16. The minimum atomic E-state index is -1.97. The van der Waals surface area contributed by atoms with Gasteiger partial charge in [-0.3, -0.25) is 76.7 Å². The predicted octanol–water partition coefficient (Wildman–Crippen LogP) is -5.31. The number of aliphatic hydroxyl groups is 8. The molecule has 638 valence electrons. The van der Waals surface area contributed by atoms with Gasteiger partial charge in [-0.2, -0.15) is 0 Å². The van der Waals surface area contributed by atoms with Gasteiger partial charge in [0.2, 0.25) is 23.6 Å². The summed E-state index contributed by atoms with van der Waals surface area (Å²) in [5.74, 6) is -7.00. The fraction of sp³-hybridized carbons (Fsp3) is 0.671. The maximum absolute atomic E-state index is 13.5. The number of amides is 4. The van der Waals surface area contributed by atoms with E-state index in [0.29, 0.717) is 0 Å². The summed E-state index contributed by atoms with van der Waals surface area (Å²) in [6.07, 6.45) is 10.8. The Morgan fingerprint density at radius 1 is 0.254 bits per heavy atom. The zero-order valence-corrected chi connectivity index (χ0v) is 63.7. The first-order valence-corrected chi connectivity index (χ1v) is 35.5. The Labute approximate surface area is 657 Å². The highest BCUT2D eigenvalue weighted by Gasteiger charge is 2.40. The quantitative estimate of drug-likeness (QED) is 0.0154. The van der Waals surface area contributed by atoms with Crippen LogP contribution in [0.4, 0.5) is 0 Å². The van der Waals surface area contributed by atoms with Crippen LogP contribution in [0.25, 0.3) is 0 Å². The van der Waals surface area contributed by atoms with Crippen molar-refractivity contribution in [3.63, 3.8) is 0 Å². The van der Waals surface area contributed by atoms with Crippen LogP contribution in [0.15, 0.2) is 0 Å². The molecular weight excluding hydrogens is 1520 g/mol. The summed E-state index contributed by atoms with van der Waals surface area (Å²) in [5.41, 5.74) is -10.8. The van der Waals surface area contributed by atoms with Gasteiger partial charge in [-0.25, -0.2) is 0 Å². The van der Waals surface area contributed by atoms with E-state index in [2.05, 4.69) is 44.9 Å². The Morgan fingerprint density at radius 2 is 0.447 bits per heavy atom. The summed E-state index contributed by atoms with van der Waals surface area (Å²) in [6.45, 7) is -13.5. The number of hydrogen-bond acceptors (Lipinski definition) is 37. The van der Waals surface area contributed by atoms with Crippen molar-refractivity contribution < 1.29 is 179 Å². The number of esters is 12. The van der Waals surface area contributed by atoms with Crippen LogP contribution in [0, 0.1) is 65.6 Å². The summed E-state index contributed by atoms with van der Waals surface area (Å²) in [7, 11) is 0. The molecule has 1 atom stereocenters. The van der Waals surface area contributed by atoms with Crippen LogP contribution in [0.1, 0.15) is 129 Å².